The molecule has 4 aliphatic rings. The van der Waals surface area contributed by atoms with Crippen LogP contribution in [0.25, 0.3) is 0 Å². The molecule has 2 aliphatic heterocycles. The third-order valence-corrected chi connectivity index (χ3v) is 6.66. The summed E-state index contributed by atoms with van der Waals surface area (Å²) in [7, 11) is 0. The number of halogens is 3. The van der Waals surface area contributed by atoms with Gasteiger partial charge in [-0.15, -0.1) is 0 Å². The number of aryl methyl sites for hydroxylation is 1. The van der Waals surface area contributed by atoms with Gasteiger partial charge in [-0.3, -0.25) is 9.59 Å². The first-order valence-electron chi connectivity index (χ1n) is 10.3. The number of hydrogen-bond acceptors (Lipinski definition) is 5. The van der Waals surface area contributed by atoms with E-state index in [1.807, 2.05) is 19.1 Å². The van der Waals surface area contributed by atoms with Gasteiger partial charge in [-0.1, -0.05) is 6.07 Å². The topological polar surface area (TPSA) is 85.9 Å². The van der Waals surface area contributed by atoms with Crippen LogP contribution in [0.3, 0.4) is 0 Å². The van der Waals surface area contributed by atoms with Crippen LogP contribution < -0.4 is 20.1 Å². The number of alkyl halides is 3. The highest BCUT2D eigenvalue weighted by Crippen LogP contribution is 2.59. The maximum atomic E-state index is 12.6. The van der Waals surface area contributed by atoms with E-state index in [9.17, 15) is 22.8 Å². The fourth-order valence-corrected chi connectivity index (χ4v) is 4.42. The Labute approximate surface area is 176 Å². The van der Waals surface area contributed by atoms with Crippen molar-refractivity contribution >= 4 is 11.8 Å². The predicted molar refractivity (Wildman–Crippen MR) is 101 cm³/mol. The highest BCUT2D eigenvalue weighted by Gasteiger charge is 2.54. The summed E-state index contributed by atoms with van der Waals surface area (Å²) in [4.78, 5) is 23.8. The van der Waals surface area contributed by atoms with Crippen LogP contribution in [0.4, 0.5) is 13.2 Å². The molecule has 1 aromatic rings. The monoisotopic (exact) mass is 440 g/mol. The first kappa shape index (κ1) is 20.4. The first-order chi connectivity index (χ1) is 14.6. The Morgan fingerprint density at radius 3 is 2.45 bits per heavy atom. The van der Waals surface area contributed by atoms with Gasteiger partial charge in [0.2, 0.25) is 0 Å². The van der Waals surface area contributed by atoms with E-state index in [4.69, 9.17) is 14.2 Å². The quantitative estimate of drug-likeness (QED) is 0.731. The zero-order chi connectivity index (χ0) is 22.0. The van der Waals surface area contributed by atoms with Crippen LogP contribution in [-0.2, 0) is 19.7 Å². The molecule has 1 spiro atoms. The largest absolute Gasteiger partial charge is 0.492 e. The van der Waals surface area contributed by atoms with Crippen LogP contribution in [-0.4, -0.2) is 55.5 Å². The molecular formula is C21H23F3N2O5. The lowest BCUT2D eigenvalue weighted by Gasteiger charge is -2.43. The molecule has 0 radical (unpaired) electrons. The Hall–Kier alpha value is -2.49. The first-order valence-corrected chi connectivity index (χ1v) is 10.3. The summed E-state index contributed by atoms with van der Waals surface area (Å²) in [6.45, 7) is 2.12. The van der Waals surface area contributed by atoms with Crippen LogP contribution in [0.5, 0.6) is 11.5 Å². The molecule has 0 bridgehead atoms. The molecule has 0 atom stereocenters. The minimum Gasteiger partial charge on any atom is -0.492 e. The summed E-state index contributed by atoms with van der Waals surface area (Å²) in [5.74, 6) is -1.09. The molecule has 5 rings (SSSR count). The Morgan fingerprint density at radius 1 is 1.16 bits per heavy atom. The van der Waals surface area contributed by atoms with Crippen molar-refractivity contribution in [2.45, 2.75) is 61.9 Å². The molecule has 10 heteroatoms. The van der Waals surface area contributed by atoms with E-state index >= 15 is 0 Å². The van der Waals surface area contributed by atoms with Gasteiger partial charge in [0.05, 0.1) is 19.8 Å². The third-order valence-electron chi connectivity index (χ3n) is 6.66. The fourth-order valence-electron chi connectivity index (χ4n) is 4.42. The minimum atomic E-state index is -5.06. The summed E-state index contributed by atoms with van der Waals surface area (Å²) in [6, 6.07) is 3.70. The molecule has 31 heavy (non-hydrogen) atoms. The van der Waals surface area contributed by atoms with Crippen molar-refractivity contribution in [3.8, 4) is 11.5 Å². The minimum absolute atomic E-state index is 0.0708. The van der Waals surface area contributed by atoms with E-state index < -0.39 is 23.5 Å². The van der Waals surface area contributed by atoms with E-state index in [0.717, 1.165) is 35.5 Å². The highest BCUT2D eigenvalue weighted by molar-refractivity contribution is 5.94. The molecule has 2 saturated carbocycles. The lowest BCUT2D eigenvalue weighted by Crippen LogP contribution is -2.72. The summed E-state index contributed by atoms with van der Waals surface area (Å²) >= 11 is 0. The number of hydrogen-bond donors (Lipinski definition) is 2. The van der Waals surface area contributed by atoms with Crippen LogP contribution >= 0.6 is 0 Å². The molecule has 2 amide bonds. The van der Waals surface area contributed by atoms with Crippen molar-refractivity contribution in [2.75, 3.05) is 19.8 Å². The van der Waals surface area contributed by atoms with Crippen molar-refractivity contribution in [2.24, 2.45) is 0 Å². The molecule has 7 nitrogen and oxygen atoms in total. The standard InChI is InChI=1S/C21H23F3N2O5/c1-11-2-3-14(15-16(11)30-8-19(15)4-5-19)31-13-6-12(7-13)25-17(27)20(9-29-10-20)26-18(28)21(22,23)24/h2-3,12-13H,4-10H2,1H3,(H,25,27)(H,26,28)/t12-,13-. The van der Waals surface area contributed by atoms with Gasteiger partial charge in [0.1, 0.15) is 17.6 Å². The average Bonchev–Trinajstić information content (AvgIpc) is 3.31. The lowest BCUT2D eigenvalue weighted by molar-refractivity contribution is -0.184. The van der Waals surface area contributed by atoms with Crippen molar-refractivity contribution in [1.29, 1.82) is 0 Å². The SMILES string of the molecule is Cc1ccc(O[C@H]2C[C@H](NC(=O)C3(NC(=O)C(F)(F)F)COC3)C2)c2c1OCC21CC1. The molecule has 1 aromatic carbocycles. The van der Waals surface area contributed by atoms with Gasteiger partial charge in [0, 0.05) is 29.9 Å². The molecule has 2 aliphatic carbocycles. The van der Waals surface area contributed by atoms with Crippen LogP contribution in [0, 0.1) is 6.92 Å². The molecule has 0 aromatic heterocycles. The average molecular weight is 440 g/mol. The van der Waals surface area contributed by atoms with Crippen LogP contribution in [0.2, 0.25) is 0 Å². The maximum Gasteiger partial charge on any atom is 0.471 e. The Balaban J connectivity index is 1.18. The van der Waals surface area contributed by atoms with Crippen LogP contribution in [0.1, 0.15) is 36.8 Å². The second-order valence-corrected chi connectivity index (χ2v) is 9.06. The highest BCUT2D eigenvalue weighted by atomic mass is 19.4. The lowest BCUT2D eigenvalue weighted by atomic mass is 9.87. The van der Waals surface area contributed by atoms with Crippen molar-refractivity contribution < 1.29 is 37.0 Å². The fraction of sp³-hybridized carbons (Fsp3) is 0.619. The maximum absolute atomic E-state index is 12.6. The molecule has 168 valence electrons. The Bertz CT molecular complexity index is 934. The summed E-state index contributed by atoms with van der Waals surface area (Å²) in [5, 5.41) is 4.49. The number of fused-ring (bicyclic) bond motifs is 2. The Kier molecular flexibility index (Phi) is 4.45. The molecule has 1 saturated heterocycles. The second-order valence-electron chi connectivity index (χ2n) is 9.06. The zero-order valence-corrected chi connectivity index (χ0v) is 16.9. The van der Waals surface area contributed by atoms with Crippen LogP contribution in [0.15, 0.2) is 12.1 Å². The normalized spacial score (nSPS) is 26.7. The molecule has 2 heterocycles. The van der Waals surface area contributed by atoms with Crippen molar-refractivity contribution in [1.82, 2.24) is 10.6 Å². The number of carbonyl (C=O) groups excluding carboxylic acids is 2. The molecule has 2 N–H and O–H groups in total. The second kappa shape index (κ2) is 6.75. The summed E-state index contributed by atoms with van der Waals surface area (Å²) in [5.41, 5.74) is 0.618. The van der Waals surface area contributed by atoms with E-state index in [1.165, 1.54) is 0 Å². The van der Waals surface area contributed by atoms with Crippen molar-refractivity contribution in [3.63, 3.8) is 0 Å². The van der Waals surface area contributed by atoms with Gasteiger partial charge in [-0.05, 0) is 31.4 Å². The number of nitrogens with one attached hydrogen (secondary N) is 2. The van der Waals surface area contributed by atoms with E-state index in [0.29, 0.717) is 19.4 Å². The number of amides is 2. The van der Waals surface area contributed by atoms with E-state index in [1.54, 1.807) is 5.32 Å². The van der Waals surface area contributed by atoms with E-state index in [-0.39, 0.29) is 30.8 Å². The van der Waals surface area contributed by atoms with Gasteiger partial charge < -0.3 is 24.8 Å². The predicted octanol–water partition coefficient (Wildman–Crippen LogP) is 1.89. The van der Waals surface area contributed by atoms with Gasteiger partial charge in [0.25, 0.3) is 5.91 Å². The van der Waals surface area contributed by atoms with Gasteiger partial charge in [-0.2, -0.15) is 13.2 Å². The van der Waals surface area contributed by atoms with Gasteiger partial charge >= 0.3 is 12.1 Å². The summed E-state index contributed by atoms with van der Waals surface area (Å²) < 4.78 is 54.7. The van der Waals surface area contributed by atoms with E-state index in [2.05, 4.69) is 5.32 Å². The zero-order valence-electron chi connectivity index (χ0n) is 16.9. The smallest absolute Gasteiger partial charge is 0.471 e. The molecular weight excluding hydrogens is 417 g/mol. The van der Waals surface area contributed by atoms with Gasteiger partial charge in [0.15, 0.2) is 5.54 Å². The number of carbonyl (C=O) groups is 2. The third kappa shape index (κ3) is 3.40. The van der Waals surface area contributed by atoms with Gasteiger partial charge in [-0.25, -0.2) is 0 Å². The molecule has 0 unspecified atom stereocenters. The Morgan fingerprint density at radius 2 is 1.87 bits per heavy atom. The number of benzene rings is 1. The van der Waals surface area contributed by atoms with Crippen molar-refractivity contribution in [3.05, 3.63) is 23.3 Å². The summed E-state index contributed by atoms with van der Waals surface area (Å²) in [6.07, 6.45) is -1.94. The number of rotatable bonds is 5. The number of ether oxygens (including phenoxy) is 3. The molecule has 3 fully saturated rings.